The van der Waals surface area contributed by atoms with Crippen LogP contribution < -0.4 is 5.32 Å². The van der Waals surface area contributed by atoms with E-state index in [9.17, 15) is 4.39 Å². The highest BCUT2D eigenvalue weighted by atomic mass is 32.1. The van der Waals surface area contributed by atoms with E-state index in [0.717, 1.165) is 0 Å². The topological polar surface area (TPSA) is 39.1 Å². The molecule has 0 amide bonds. The number of hydrogen-bond acceptors (Lipinski definition) is 2. The maximum Gasteiger partial charge on any atom is 0.173 e. The van der Waals surface area contributed by atoms with E-state index in [1.165, 1.54) is 6.07 Å². The lowest BCUT2D eigenvalue weighted by Crippen LogP contribution is -2.31. The molecule has 1 aromatic carbocycles. The number of halogens is 1. The van der Waals surface area contributed by atoms with Crippen LogP contribution in [0.5, 0.6) is 0 Å². The molecule has 90 valence electrons. The number of nitrogens with one attached hydrogen (secondary N) is 1. The number of nitriles is 1. The molecule has 0 spiro atoms. The highest BCUT2D eigenvalue weighted by Gasteiger charge is 2.05. The summed E-state index contributed by atoms with van der Waals surface area (Å²) >= 11 is 5.13. The van der Waals surface area contributed by atoms with Crippen LogP contribution in [0.4, 0.5) is 10.1 Å². The SMILES string of the molecule is Cc1ccc(NC(=S)N(C)CCC#N)cc1F. The third-order valence-electron chi connectivity index (χ3n) is 2.33. The minimum atomic E-state index is -0.266. The van der Waals surface area contributed by atoms with Crippen LogP contribution >= 0.6 is 12.2 Å². The maximum atomic E-state index is 13.3. The van der Waals surface area contributed by atoms with Gasteiger partial charge in [0, 0.05) is 19.3 Å². The highest BCUT2D eigenvalue weighted by Crippen LogP contribution is 2.14. The molecule has 0 aliphatic rings. The van der Waals surface area contributed by atoms with Gasteiger partial charge in [-0.1, -0.05) is 6.07 Å². The minimum Gasteiger partial charge on any atom is -0.351 e. The van der Waals surface area contributed by atoms with Gasteiger partial charge in [0.25, 0.3) is 0 Å². The lowest BCUT2D eigenvalue weighted by Gasteiger charge is -2.19. The van der Waals surface area contributed by atoms with Gasteiger partial charge < -0.3 is 10.2 Å². The summed E-state index contributed by atoms with van der Waals surface area (Å²) in [7, 11) is 1.79. The van der Waals surface area contributed by atoms with Gasteiger partial charge in [0.1, 0.15) is 5.82 Å². The van der Waals surface area contributed by atoms with E-state index in [1.807, 2.05) is 6.07 Å². The fourth-order valence-electron chi connectivity index (χ4n) is 1.21. The molecule has 0 radical (unpaired) electrons. The number of thiocarbonyl (C=S) groups is 1. The van der Waals surface area contributed by atoms with Gasteiger partial charge in [-0.3, -0.25) is 0 Å². The van der Waals surface area contributed by atoms with Crippen molar-refractivity contribution in [3.05, 3.63) is 29.6 Å². The smallest absolute Gasteiger partial charge is 0.173 e. The first kappa shape index (κ1) is 13.4. The zero-order valence-electron chi connectivity index (χ0n) is 9.83. The molecule has 1 rings (SSSR count). The van der Waals surface area contributed by atoms with E-state index in [0.29, 0.717) is 29.3 Å². The Morgan fingerprint density at radius 3 is 2.88 bits per heavy atom. The summed E-state index contributed by atoms with van der Waals surface area (Å²) in [5, 5.41) is 11.9. The molecule has 0 aliphatic heterocycles. The Morgan fingerprint density at radius 1 is 1.59 bits per heavy atom. The van der Waals surface area contributed by atoms with Crippen LogP contribution in [0, 0.1) is 24.1 Å². The van der Waals surface area contributed by atoms with Crippen molar-refractivity contribution >= 4 is 23.0 Å². The third-order valence-corrected chi connectivity index (χ3v) is 2.74. The predicted molar refractivity (Wildman–Crippen MR) is 70.2 cm³/mol. The summed E-state index contributed by atoms with van der Waals surface area (Å²) in [6.07, 6.45) is 0.403. The minimum absolute atomic E-state index is 0.266. The van der Waals surface area contributed by atoms with E-state index in [-0.39, 0.29) is 5.82 Å². The Morgan fingerprint density at radius 2 is 2.29 bits per heavy atom. The molecule has 1 N–H and O–H groups in total. The molecule has 0 aromatic heterocycles. The second-order valence-electron chi connectivity index (χ2n) is 3.72. The maximum absolute atomic E-state index is 13.3. The van der Waals surface area contributed by atoms with E-state index in [1.54, 1.807) is 31.0 Å². The summed E-state index contributed by atoms with van der Waals surface area (Å²) in [6, 6.07) is 6.90. The zero-order chi connectivity index (χ0) is 12.8. The van der Waals surface area contributed by atoms with Crippen LogP contribution in [-0.2, 0) is 0 Å². The summed E-state index contributed by atoms with van der Waals surface area (Å²) in [4.78, 5) is 1.75. The molecule has 1 aromatic rings. The Bertz CT molecular complexity index is 454. The monoisotopic (exact) mass is 251 g/mol. The van der Waals surface area contributed by atoms with Crippen molar-refractivity contribution in [1.29, 1.82) is 5.26 Å². The molecular formula is C12H14FN3S. The van der Waals surface area contributed by atoms with E-state index < -0.39 is 0 Å². The van der Waals surface area contributed by atoms with Gasteiger partial charge in [0.05, 0.1) is 12.5 Å². The Kier molecular flexibility index (Phi) is 4.85. The Labute approximate surface area is 106 Å². The fraction of sp³-hybridized carbons (Fsp3) is 0.333. The molecule has 0 unspecified atom stereocenters. The lowest BCUT2D eigenvalue weighted by atomic mass is 10.2. The van der Waals surface area contributed by atoms with Gasteiger partial charge in [-0.05, 0) is 36.8 Å². The fourth-order valence-corrected chi connectivity index (χ4v) is 1.42. The average Bonchev–Trinajstić information content (AvgIpc) is 2.30. The third kappa shape index (κ3) is 4.00. The summed E-state index contributed by atoms with van der Waals surface area (Å²) in [5.41, 5.74) is 1.21. The molecule has 17 heavy (non-hydrogen) atoms. The van der Waals surface area contributed by atoms with Crippen LogP contribution in [-0.4, -0.2) is 23.6 Å². The van der Waals surface area contributed by atoms with Crippen molar-refractivity contribution in [1.82, 2.24) is 4.90 Å². The number of hydrogen-bond donors (Lipinski definition) is 1. The Balaban J connectivity index is 2.62. The van der Waals surface area contributed by atoms with Gasteiger partial charge in [0.15, 0.2) is 5.11 Å². The van der Waals surface area contributed by atoms with Crippen LogP contribution in [0.1, 0.15) is 12.0 Å². The molecule has 0 saturated heterocycles. The standard InChI is InChI=1S/C12H14FN3S/c1-9-4-5-10(8-11(9)13)15-12(17)16(2)7-3-6-14/h4-5,8H,3,7H2,1-2H3,(H,15,17). The van der Waals surface area contributed by atoms with Crippen molar-refractivity contribution in [2.24, 2.45) is 0 Å². The summed E-state index contributed by atoms with van der Waals surface area (Å²) < 4.78 is 13.3. The normalized spacial score (nSPS) is 9.53. The van der Waals surface area contributed by atoms with Crippen LogP contribution in [0.25, 0.3) is 0 Å². The second kappa shape index (κ2) is 6.16. The van der Waals surface area contributed by atoms with Gasteiger partial charge in [-0.2, -0.15) is 5.26 Å². The molecule has 0 bridgehead atoms. The zero-order valence-corrected chi connectivity index (χ0v) is 10.6. The van der Waals surface area contributed by atoms with Gasteiger partial charge in [0.2, 0.25) is 0 Å². The first-order chi connectivity index (χ1) is 8.04. The molecule has 0 atom stereocenters. The molecule has 3 nitrogen and oxygen atoms in total. The van der Waals surface area contributed by atoms with E-state index in [2.05, 4.69) is 5.32 Å². The first-order valence-electron chi connectivity index (χ1n) is 5.20. The first-order valence-corrected chi connectivity index (χ1v) is 5.60. The molecular weight excluding hydrogens is 237 g/mol. The van der Waals surface area contributed by atoms with Crippen LogP contribution in [0.2, 0.25) is 0 Å². The van der Waals surface area contributed by atoms with E-state index in [4.69, 9.17) is 17.5 Å². The summed E-state index contributed by atoms with van der Waals surface area (Å²) in [6.45, 7) is 2.26. The number of rotatable bonds is 3. The lowest BCUT2D eigenvalue weighted by molar-refractivity contribution is 0.523. The highest BCUT2D eigenvalue weighted by molar-refractivity contribution is 7.80. The van der Waals surface area contributed by atoms with Crippen molar-refractivity contribution in [3.63, 3.8) is 0 Å². The summed E-state index contributed by atoms with van der Waals surface area (Å²) in [5.74, 6) is -0.266. The largest absolute Gasteiger partial charge is 0.351 e. The number of nitrogens with zero attached hydrogens (tertiary/aromatic N) is 2. The van der Waals surface area contributed by atoms with Crippen molar-refractivity contribution in [3.8, 4) is 6.07 Å². The number of aryl methyl sites for hydroxylation is 1. The van der Waals surface area contributed by atoms with E-state index >= 15 is 0 Å². The second-order valence-corrected chi connectivity index (χ2v) is 4.11. The van der Waals surface area contributed by atoms with Crippen molar-refractivity contribution in [2.45, 2.75) is 13.3 Å². The quantitative estimate of drug-likeness (QED) is 0.838. The number of anilines is 1. The van der Waals surface area contributed by atoms with Gasteiger partial charge in [-0.15, -0.1) is 0 Å². The molecule has 0 saturated carbocycles. The van der Waals surface area contributed by atoms with Crippen LogP contribution in [0.3, 0.4) is 0 Å². The van der Waals surface area contributed by atoms with Crippen LogP contribution in [0.15, 0.2) is 18.2 Å². The van der Waals surface area contributed by atoms with Crippen molar-refractivity contribution in [2.75, 3.05) is 18.9 Å². The Hall–Kier alpha value is -1.67. The van der Waals surface area contributed by atoms with Gasteiger partial charge >= 0.3 is 0 Å². The average molecular weight is 251 g/mol. The molecule has 0 heterocycles. The van der Waals surface area contributed by atoms with Gasteiger partial charge in [-0.25, -0.2) is 4.39 Å². The number of benzene rings is 1. The molecule has 5 heteroatoms. The molecule has 0 aliphatic carbocycles. The molecule has 0 fully saturated rings. The van der Waals surface area contributed by atoms with Crippen molar-refractivity contribution < 1.29 is 4.39 Å². The predicted octanol–water partition coefficient (Wildman–Crippen LogP) is 2.68.